The number of rotatable bonds is 19. The average molecular weight is 566 g/mol. The number of hydrogen-bond donors (Lipinski definition) is 1. The van der Waals surface area contributed by atoms with Crippen LogP contribution in [0.5, 0.6) is 11.5 Å². The van der Waals surface area contributed by atoms with Crippen molar-refractivity contribution in [2.45, 2.75) is 157 Å². The Morgan fingerprint density at radius 3 is 1.97 bits per heavy atom. The van der Waals surface area contributed by atoms with Crippen LogP contribution in [0.2, 0.25) is 0 Å². The molecule has 3 atom stereocenters. The van der Waals surface area contributed by atoms with Crippen molar-refractivity contribution in [1.29, 1.82) is 0 Å². The SMILES string of the molecule is Cc1c(C)c2c(c(C)c1OCCCCCCN)CCC(C)(CCC[C@H](C)CCC[C@H](C)CCCC(C)C)O2.Cl. The molecule has 0 fully saturated rings. The van der Waals surface area contributed by atoms with E-state index in [0.717, 1.165) is 74.5 Å². The zero-order valence-electron chi connectivity index (χ0n) is 27.1. The van der Waals surface area contributed by atoms with E-state index in [1.807, 2.05) is 0 Å². The predicted octanol–water partition coefficient (Wildman–Crippen LogP) is 10.5. The summed E-state index contributed by atoms with van der Waals surface area (Å²) in [4.78, 5) is 0. The summed E-state index contributed by atoms with van der Waals surface area (Å²) in [5.41, 5.74) is 10.8. The van der Waals surface area contributed by atoms with E-state index >= 15 is 0 Å². The first kappa shape index (κ1) is 36.1. The van der Waals surface area contributed by atoms with E-state index in [4.69, 9.17) is 15.2 Å². The van der Waals surface area contributed by atoms with Crippen LogP contribution in [-0.4, -0.2) is 18.8 Å². The summed E-state index contributed by atoms with van der Waals surface area (Å²) in [6.07, 6.45) is 18.9. The molecule has 0 saturated carbocycles. The first-order valence-electron chi connectivity index (χ1n) is 16.2. The summed E-state index contributed by atoms with van der Waals surface area (Å²) < 4.78 is 13.1. The largest absolute Gasteiger partial charge is 0.493 e. The van der Waals surface area contributed by atoms with Crippen LogP contribution in [0.4, 0.5) is 0 Å². The lowest BCUT2D eigenvalue weighted by Crippen LogP contribution is -2.37. The molecule has 228 valence electrons. The molecular weight excluding hydrogens is 502 g/mol. The molecule has 1 aromatic rings. The van der Waals surface area contributed by atoms with Gasteiger partial charge in [-0.1, -0.05) is 85.5 Å². The number of nitrogens with two attached hydrogens (primary N) is 1. The second-order valence-corrected chi connectivity index (χ2v) is 13.5. The van der Waals surface area contributed by atoms with Crippen LogP contribution < -0.4 is 15.2 Å². The molecule has 2 N–H and O–H groups in total. The highest BCUT2D eigenvalue weighted by Gasteiger charge is 2.34. The van der Waals surface area contributed by atoms with Crippen molar-refractivity contribution in [3.63, 3.8) is 0 Å². The normalized spacial score (nSPS) is 18.3. The summed E-state index contributed by atoms with van der Waals surface area (Å²) >= 11 is 0. The molecule has 0 aliphatic carbocycles. The molecule has 39 heavy (non-hydrogen) atoms. The number of benzene rings is 1. The van der Waals surface area contributed by atoms with Gasteiger partial charge in [0.25, 0.3) is 0 Å². The molecule has 0 aromatic heterocycles. The fourth-order valence-electron chi connectivity index (χ4n) is 6.25. The Morgan fingerprint density at radius 2 is 1.36 bits per heavy atom. The Hall–Kier alpha value is -0.930. The molecule has 3 nitrogen and oxygen atoms in total. The second-order valence-electron chi connectivity index (χ2n) is 13.5. The lowest BCUT2D eigenvalue weighted by atomic mass is 9.83. The maximum atomic E-state index is 6.82. The number of hydrogen-bond acceptors (Lipinski definition) is 3. The van der Waals surface area contributed by atoms with Gasteiger partial charge in [-0.05, 0) is 107 Å². The van der Waals surface area contributed by atoms with E-state index in [1.54, 1.807) is 0 Å². The third-order valence-corrected chi connectivity index (χ3v) is 9.18. The van der Waals surface area contributed by atoms with Gasteiger partial charge in [-0.25, -0.2) is 0 Å². The minimum Gasteiger partial charge on any atom is -0.493 e. The Balaban J connectivity index is 0.00000760. The number of unbranched alkanes of at least 4 members (excludes halogenated alkanes) is 3. The first-order chi connectivity index (χ1) is 18.1. The number of halogens is 1. The maximum Gasteiger partial charge on any atom is 0.127 e. The smallest absolute Gasteiger partial charge is 0.127 e. The fraction of sp³-hybridized carbons (Fsp3) is 0.829. The third kappa shape index (κ3) is 12.2. The summed E-state index contributed by atoms with van der Waals surface area (Å²) in [5.74, 6) is 4.79. The minimum absolute atomic E-state index is 0. The Bertz CT molecular complexity index is 824. The van der Waals surface area contributed by atoms with Crippen molar-refractivity contribution in [3.8, 4) is 11.5 Å². The van der Waals surface area contributed by atoms with Crippen LogP contribution in [0.3, 0.4) is 0 Å². The molecule has 2 rings (SSSR count). The van der Waals surface area contributed by atoms with Crippen LogP contribution >= 0.6 is 12.4 Å². The predicted molar refractivity (Wildman–Crippen MR) is 173 cm³/mol. The van der Waals surface area contributed by atoms with Gasteiger partial charge in [0.15, 0.2) is 0 Å². The molecule has 0 radical (unpaired) electrons. The molecule has 1 aliphatic rings. The quantitative estimate of drug-likeness (QED) is 0.170. The van der Waals surface area contributed by atoms with Gasteiger partial charge in [0.05, 0.1) is 6.61 Å². The summed E-state index contributed by atoms with van der Waals surface area (Å²) in [7, 11) is 0. The number of ether oxygens (including phenoxy) is 2. The van der Waals surface area contributed by atoms with E-state index in [0.29, 0.717) is 0 Å². The van der Waals surface area contributed by atoms with Gasteiger partial charge >= 0.3 is 0 Å². The monoisotopic (exact) mass is 565 g/mol. The Kier molecular flexibility index (Phi) is 17.1. The fourth-order valence-corrected chi connectivity index (χ4v) is 6.25. The van der Waals surface area contributed by atoms with Crippen LogP contribution in [0.25, 0.3) is 0 Å². The van der Waals surface area contributed by atoms with Gasteiger partial charge in [-0.2, -0.15) is 0 Å². The average Bonchev–Trinajstić information content (AvgIpc) is 2.86. The van der Waals surface area contributed by atoms with Gasteiger partial charge in [-0.3, -0.25) is 0 Å². The molecule has 1 unspecified atom stereocenters. The van der Waals surface area contributed by atoms with Gasteiger partial charge in [0.2, 0.25) is 0 Å². The topological polar surface area (TPSA) is 44.5 Å². The highest BCUT2D eigenvalue weighted by atomic mass is 35.5. The van der Waals surface area contributed by atoms with Crippen molar-refractivity contribution in [1.82, 2.24) is 0 Å². The standard InChI is InChI=1S/C35H63NO2.ClH/c1-26(2)16-13-17-27(3)18-14-19-28(4)20-15-22-35(8)23-21-32-31(7)33(29(5)30(6)34(32)38-35)37-25-12-10-9-11-24-36;/h26-28H,9-25,36H2,1-8H3;1H/t27-,28-,35?;/m1./s1. The molecule has 1 heterocycles. The van der Waals surface area contributed by atoms with Crippen LogP contribution in [-0.2, 0) is 6.42 Å². The van der Waals surface area contributed by atoms with E-state index in [2.05, 4.69) is 55.4 Å². The lowest BCUT2D eigenvalue weighted by Gasteiger charge is -2.38. The molecule has 4 heteroatoms. The minimum atomic E-state index is -0.0490. The Morgan fingerprint density at radius 1 is 0.769 bits per heavy atom. The molecule has 1 aliphatic heterocycles. The van der Waals surface area contributed by atoms with E-state index < -0.39 is 0 Å². The zero-order chi connectivity index (χ0) is 28.1. The second kappa shape index (κ2) is 18.5. The van der Waals surface area contributed by atoms with Gasteiger partial charge < -0.3 is 15.2 Å². The number of fused-ring (bicyclic) bond motifs is 1. The van der Waals surface area contributed by atoms with Crippen molar-refractivity contribution in [2.75, 3.05) is 13.2 Å². The lowest BCUT2D eigenvalue weighted by molar-refractivity contribution is 0.0511. The molecule has 1 aromatic carbocycles. The molecule has 0 amide bonds. The van der Waals surface area contributed by atoms with Crippen LogP contribution in [0.15, 0.2) is 0 Å². The molecule has 0 saturated heterocycles. The summed E-state index contributed by atoms with van der Waals surface area (Å²) in [6.45, 7) is 20.2. The van der Waals surface area contributed by atoms with Crippen molar-refractivity contribution in [3.05, 3.63) is 22.3 Å². The van der Waals surface area contributed by atoms with Crippen molar-refractivity contribution >= 4 is 12.4 Å². The van der Waals surface area contributed by atoms with E-state index in [9.17, 15) is 0 Å². The van der Waals surface area contributed by atoms with Gasteiger partial charge in [0, 0.05) is 5.56 Å². The molecule has 0 spiro atoms. The molecule has 0 bridgehead atoms. The van der Waals surface area contributed by atoms with Gasteiger partial charge in [-0.15, -0.1) is 12.4 Å². The van der Waals surface area contributed by atoms with Crippen molar-refractivity contribution in [2.24, 2.45) is 23.5 Å². The van der Waals surface area contributed by atoms with E-state index in [-0.39, 0.29) is 18.0 Å². The van der Waals surface area contributed by atoms with Crippen molar-refractivity contribution < 1.29 is 9.47 Å². The Labute approximate surface area is 249 Å². The summed E-state index contributed by atoms with van der Waals surface area (Å²) in [6, 6.07) is 0. The van der Waals surface area contributed by atoms with E-state index in [1.165, 1.54) is 86.5 Å². The van der Waals surface area contributed by atoms with Crippen LogP contribution in [0.1, 0.15) is 147 Å². The zero-order valence-corrected chi connectivity index (χ0v) is 27.9. The van der Waals surface area contributed by atoms with Gasteiger partial charge in [0.1, 0.15) is 17.1 Å². The maximum absolute atomic E-state index is 6.82. The molecular formula is C35H64ClNO2. The summed E-state index contributed by atoms with van der Waals surface area (Å²) in [5, 5.41) is 0. The first-order valence-corrected chi connectivity index (χ1v) is 16.2. The highest BCUT2D eigenvalue weighted by Crippen LogP contribution is 2.45. The highest BCUT2D eigenvalue weighted by molar-refractivity contribution is 5.85. The third-order valence-electron chi connectivity index (χ3n) is 9.18. The van der Waals surface area contributed by atoms with Crippen LogP contribution in [0, 0.1) is 38.5 Å².